The fourth-order valence-corrected chi connectivity index (χ4v) is 4.67. The average molecular weight is 516 g/mol. The second-order valence-electron chi connectivity index (χ2n) is 9.28. The highest BCUT2D eigenvalue weighted by atomic mass is 19.1. The lowest BCUT2D eigenvalue weighted by Crippen LogP contribution is -2.44. The Labute approximate surface area is 220 Å². The van der Waals surface area contributed by atoms with Crippen molar-refractivity contribution < 1.29 is 13.9 Å². The molecule has 0 spiro atoms. The van der Waals surface area contributed by atoms with E-state index in [1.54, 1.807) is 19.4 Å². The number of likely N-dealkylation sites (N-methyl/N-ethyl adjacent to an activating group) is 1. The molecule has 2 N–H and O–H groups in total. The van der Waals surface area contributed by atoms with Crippen LogP contribution in [0.15, 0.2) is 67.3 Å². The van der Waals surface area contributed by atoms with Crippen LogP contribution in [-0.2, 0) is 11.8 Å². The molecule has 0 radical (unpaired) electrons. The largest absolute Gasteiger partial charge is 0.494 e. The van der Waals surface area contributed by atoms with Crippen LogP contribution in [0.5, 0.6) is 5.75 Å². The number of hydrogen-bond acceptors (Lipinski definition) is 7. The zero-order chi connectivity index (χ0) is 26.8. The number of nitrogens with zero attached hydrogens (tertiary/aromatic N) is 5. The first-order valence-electron chi connectivity index (χ1n) is 12.3. The Morgan fingerprint density at radius 3 is 2.58 bits per heavy atom. The number of methoxy groups -OCH3 is 1. The van der Waals surface area contributed by atoms with Crippen LogP contribution < -0.4 is 20.3 Å². The molecule has 5 rings (SSSR count). The molecule has 2 aromatic carbocycles. The zero-order valence-electron chi connectivity index (χ0n) is 21.7. The summed E-state index contributed by atoms with van der Waals surface area (Å²) in [7, 11) is 5.64. The fraction of sp³-hybridized carbons (Fsp3) is 0.250. The first kappa shape index (κ1) is 25.2. The van der Waals surface area contributed by atoms with Crippen LogP contribution in [0, 0.1) is 0 Å². The van der Waals surface area contributed by atoms with Crippen molar-refractivity contribution in [3.8, 4) is 17.0 Å². The number of fused-ring (bicyclic) bond motifs is 1. The van der Waals surface area contributed by atoms with Crippen molar-refractivity contribution >= 4 is 39.8 Å². The highest BCUT2D eigenvalue weighted by Crippen LogP contribution is 2.39. The number of halogens is 1. The summed E-state index contributed by atoms with van der Waals surface area (Å²) in [5, 5.41) is 6.96. The third-order valence-corrected chi connectivity index (χ3v) is 6.73. The molecule has 1 amide bonds. The van der Waals surface area contributed by atoms with Gasteiger partial charge in [0.15, 0.2) is 5.83 Å². The number of para-hydroxylation sites is 1. The maximum atomic E-state index is 13.6. The minimum atomic E-state index is -1.06. The van der Waals surface area contributed by atoms with Gasteiger partial charge in [0.1, 0.15) is 5.75 Å². The Balaban J connectivity index is 1.51. The van der Waals surface area contributed by atoms with Gasteiger partial charge >= 0.3 is 0 Å². The summed E-state index contributed by atoms with van der Waals surface area (Å²) in [6, 6.07) is 13.5. The van der Waals surface area contributed by atoms with Gasteiger partial charge in [-0.3, -0.25) is 4.79 Å². The van der Waals surface area contributed by atoms with Gasteiger partial charge in [-0.1, -0.05) is 24.8 Å². The summed E-state index contributed by atoms with van der Waals surface area (Å²) in [4.78, 5) is 25.8. The topological polar surface area (TPSA) is 87.5 Å². The van der Waals surface area contributed by atoms with Gasteiger partial charge in [-0.05, 0) is 25.2 Å². The molecule has 2 aromatic heterocycles. The summed E-state index contributed by atoms with van der Waals surface area (Å²) < 4.78 is 21.4. The van der Waals surface area contributed by atoms with Crippen LogP contribution >= 0.6 is 0 Å². The van der Waals surface area contributed by atoms with Crippen LogP contribution in [0.3, 0.4) is 0 Å². The third-order valence-electron chi connectivity index (χ3n) is 6.73. The van der Waals surface area contributed by atoms with Crippen LogP contribution in [0.4, 0.5) is 27.4 Å². The van der Waals surface area contributed by atoms with Gasteiger partial charge in [-0.2, -0.15) is 0 Å². The van der Waals surface area contributed by atoms with Crippen LogP contribution in [-0.4, -0.2) is 65.7 Å². The van der Waals surface area contributed by atoms with Gasteiger partial charge in [0.25, 0.3) is 5.91 Å². The maximum Gasteiger partial charge on any atom is 0.283 e. The molecular weight excluding hydrogens is 485 g/mol. The Morgan fingerprint density at radius 2 is 1.84 bits per heavy atom. The number of nitrogens with one attached hydrogen (secondary N) is 2. The van der Waals surface area contributed by atoms with E-state index in [0.29, 0.717) is 23.1 Å². The minimum Gasteiger partial charge on any atom is -0.494 e. The quantitative estimate of drug-likeness (QED) is 0.349. The second kappa shape index (κ2) is 10.5. The molecule has 3 heterocycles. The molecule has 0 saturated carbocycles. The Bertz CT molecular complexity index is 1510. The molecular formula is C28H30FN7O2. The number of anilines is 4. The molecule has 4 aromatic rings. The number of piperazine rings is 1. The highest BCUT2D eigenvalue weighted by molar-refractivity contribution is 6.04. The molecule has 1 saturated heterocycles. The molecule has 1 fully saturated rings. The lowest BCUT2D eigenvalue weighted by Gasteiger charge is -2.35. The summed E-state index contributed by atoms with van der Waals surface area (Å²) in [6.07, 6.45) is 3.73. The first-order valence-corrected chi connectivity index (χ1v) is 12.3. The minimum absolute atomic E-state index is 0.355. The highest BCUT2D eigenvalue weighted by Gasteiger charge is 2.22. The van der Waals surface area contributed by atoms with Crippen molar-refractivity contribution in [2.24, 2.45) is 7.05 Å². The van der Waals surface area contributed by atoms with Crippen molar-refractivity contribution in [1.82, 2.24) is 19.4 Å². The first-order chi connectivity index (χ1) is 18.3. The van der Waals surface area contributed by atoms with Gasteiger partial charge in [0.2, 0.25) is 5.95 Å². The molecule has 9 nitrogen and oxygen atoms in total. The third kappa shape index (κ3) is 5.03. The second-order valence-corrected chi connectivity index (χ2v) is 9.28. The molecule has 1 aliphatic heterocycles. The van der Waals surface area contributed by atoms with Crippen LogP contribution in [0.1, 0.15) is 0 Å². The van der Waals surface area contributed by atoms with E-state index in [2.05, 4.69) is 55.7 Å². The number of carbonyl (C=O) groups is 1. The van der Waals surface area contributed by atoms with Crippen molar-refractivity contribution in [3.63, 3.8) is 0 Å². The van der Waals surface area contributed by atoms with E-state index >= 15 is 0 Å². The number of rotatable bonds is 7. The number of carbonyl (C=O) groups excluding carboxylic acids is 1. The summed E-state index contributed by atoms with van der Waals surface area (Å²) >= 11 is 0. The molecule has 196 valence electrons. The number of aromatic nitrogens is 3. The SMILES string of the molecule is C=C(F)C(=O)Nc1cc(Nc2nccc(-c3cn(C)c4ccccc34)n2)c(OC)cc1N1CCN(C)CC1. The average Bonchev–Trinajstić information content (AvgIpc) is 3.26. The summed E-state index contributed by atoms with van der Waals surface area (Å²) in [6.45, 7) is 6.35. The standard InChI is InChI=1S/C28H30FN7O2/c1-18(29)27(37)31-22-15-23(26(38-4)16-25(22)36-13-11-34(2)12-14-36)33-28-30-10-9-21(32-28)20-17-35(3)24-8-6-5-7-19(20)24/h5-10,15-17H,1,11-14H2,2-4H3,(H,31,37)(H,30,32,33). The molecule has 0 aliphatic carbocycles. The Kier molecular flexibility index (Phi) is 6.97. The normalized spacial score (nSPS) is 13.9. The molecule has 0 unspecified atom stereocenters. The monoisotopic (exact) mass is 515 g/mol. The number of ether oxygens (including phenoxy) is 1. The lowest BCUT2D eigenvalue weighted by atomic mass is 10.1. The predicted octanol–water partition coefficient (Wildman–Crippen LogP) is 4.56. The van der Waals surface area contributed by atoms with Crippen molar-refractivity contribution in [2.45, 2.75) is 0 Å². The van der Waals surface area contributed by atoms with E-state index in [0.717, 1.165) is 54.0 Å². The van der Waals surface area contributed by atoms with Crippen molar-refractivity contribution in [2.75, 3.05) is 55.9 Å². The number of aryl methyl sites for hydroxylation is 1. The number of amides is 1. The molecule has 38 heavy (non-hydrogen) atoms. The van der Waals surface area contributed by atoms with Crippen LogP contribution in [0.2, 0.25) is 0 Å². The van der Waals surface area contributed by atoms with E-state index in [4.69, 9.17) is 9.72 Å². The van der Waals surface area contributed by atoms with Gasteiger partial charge < -0.3 is 29.7 Å². The van der Waals surface area contributed by atoms with E-state index in [1.807, 2.05) is 37.5 Å². The fourth-order valence-electron chi connectivity index (χ4n) is 4.67. The Hall–Kier alpha value is -4.44. The van der Waals surface area contributed by atoms with Gasteiger partial charge in [0, 0.05) is 68.2 Å². The van der Waals surface area contributed by atoms with Gasteiger partial charge in [0.05, 0.1) is 29.9 Å². The van der Waals surface area contributed by atoms with E-state index in [1.165, 1.54) is 0 Å². The smallest absolute Gasteiger partial charge is 0.283 e. The summed E-state index contributed by atoms with van der Waals surface area (Å²) in [5.74, 6) is -1.07. The van der Waals surface area contributed by atoms with E-state index < -0.39 is 11.7 Å². The summed E-state index contributed by atoms with van der Waals surface area (Å²) in [5.41, 5.74) is 4.55. The molecule has 0 atom stereocenters. The molecule has 0 bridgehead atoms. The Morgan fingerprint density at radius 1 is 1.08 bits per heavy atom. The molecule has 1 aliphatic rings. The van der Waals surface area contributed by atoms with E-state index in [-0.39, 0.29) is 0 Å². The van der Waals surface area contributed by atoms with Gasteiger partial charge in [-0.25, -0.2) is 14.4 Å². The van der Waals surface area contributed by atoms with E-state index in [9.17, 15) is 9.18 Å². The predicted molar refractivity (Wildman–Crippen MR) is 149 cm³/mol. The number of hydrogen-bond donors (Lipinski definition) is 2. The van der Waals surface area contributed by atoms with Gasteiger partial charge in [-0.15, -0.1) is 0 Å². The van der Waals surface area contributed by atoms with Crippen LogP contribution in [0.25, 0.3) is 22.2 Å². The van der Waals surface area contributed by atoms with Crippen molar-refractivity contribution in [1.29, 1.82) is 0 Å². The maximum absolute atomic E-state index is 13.6. The van der Waals surface area contributed by atoms with Crippen molar-refractivity contribution in [3.05, 3.63) is 67.3 Å². The molecule has 10 heteroatoms. The number of benzene rings is 2. The lowest BCUT2D eigenvalue weighted by molar-refractivity contribution is -0.114. The zero-order valence-corrected chi connectivity index (χ0v) is 21.7.